The molecule has 0 spiro atoms. The molecule has 1 rings (SSSR count). The quantitative estimate of drug-likeness (QED) is 0.447. The summed E-state index contributed by atoms with van der Waals surface area (Å²) >= 11 is 1.23. The van der Waals surface area contributed by atoms with Crippen molar-refractivity contribution in [2.45, 2.75) is 25.1 Å². The van der Waals surface area contributed by atoms with Crippen LogP contribution in [-0.4, -0.2) is 44.8 Å². The van der Waals surface area contributed by atoms with Gasteiger partial charge in [-0.25, -0.2) is 0 Å². The average Bonchev–Trinajstić information content (AvgIpc) is 2.31. The fourth-order valence-corrected chi connectivity index (χ4v) is 2.20. The molecule has 0 aromatic carbocycles. The molecule has 1 aromatic heterocycles. The van der Waals surface area contributed by atoms with Crippen molar-refractivity contribution >= 4 is 11.8 Å². The highest BCUT2D eigenvalue weighted by atomic mass is 32.2. The highest BCUT2D eigenvalue weighted by Gasteiger charge is 2.09. The second kappa shape index (κ2) is 7.46. The maximum absolute atomic E-state index is 11.1. The summed E-state index contributed by atoms with van der Waals surface area (Å²) < 4.78 is 1.38. The van der Waals surface area contributed by atoms with Crippen LogP contribution < -0.4 is 16.4 Å². The summed E-state index contributed by atoms with van der Waals surface area (Å²) in [7, 11) is 1.60. The molecule has 0 aliphatic carbocycles. The smallest absolute Gasteiger partial charge is 0.339 e. The van der Waals surface area contributed by atoms with E-state index in [0.29, 0.717) is 23.4 Å². The van der Waals surface area contributed by atoms with Crippen LogP contribution >= 0.6 is 11.8 Å². The van der Waals surface area contributed by atoms with Gasteiger partial charge in [-0.2, -0.15) is 4.98 Å². The Morgan fingerprint density at radius 3 is 2.74 bits per heavy atom. The Hall–Kier alpha value is -1.12. The molecule has 1 atom stereocenters. The molecular weight excluding hydrogens is 268 g/mol. The zero-order valence-electron chi connectivity index (χ0n) is 11.3. The van der Waals surface area contributed by atoms with Crippen molar-refractivity contribution in [1.82, 2.24) is 20.1 Å². The van der Waals surface area contributed by atoms with Crippen molar-refractivity contribution in [3.63, 3.8) is 0 Å². The summed E-state index contributed by atoms with van der Waals surface area (Å²) in [5.41, 5.74) is -1.56. The summed E-state index contributed by atoms with van der Waals surface area (Å²) in [4.78, 5) is 25.8. The van der Waals surface area contributed by atoms with Crippen LogP contribution in [0, 0.1) is 5.92 Å². The van der Waals surface area contributed by atoms with E-state index in [0.717, 1.165) is 6.54 Å². The Bertz CT molecular complexity index is 511. The van der Waals surface area contributed by atoms with E-state index >= 15 is 0 Å². The van der Waals surface area contributed by atoms with Gasteiger partial charge in [-0.05, 0) is 12.5 Å². The van der Waals surface area contributed by atoms with Crippen LogP contribution in [0.25, 0.3) is 0 Å². The number of aromatic amines is 1. The van der Waals surface area contributed by atoms with E-state index in [2.05, 4.69) is 29.2 Å². The molecule has 0 aliphatic heterocycles. The molecule has 1 aromatic rings. The van der Waals surface area contributed by atoms with Gasteiger partial charge in [-0.3, -0.25) is 19.4 Å². The fourth-order valence-electron chi connectivity index (χ4n) is 1.36. The Morgan fingerprint density at radius 2 is 2.11 bits per heavy atom. The fraction of sp³-hybridized carbons (Fsp3) is 0.727. The lowest BCUT2D eigenvalue weighted by molar-refractivity contribution is 0.194. The number of aromatic nitrogens is 3. The van der Waals surface area contributed by atoms with Crippen LogP contribution in [0.15, 0.2) is 14.7 Å². The minimum absolute atomic E-state index is 0.382. The first-order valence-corrected chi connectivity index (χ1v) is 7.07. The first-order valence-electron chi connectivity index (χ1n) is 6.09. The Kier molecular flexibility index (Phi) is 6.26. The third-order valence-electron chi connectivity index (χ3n) is 2.28. The molecule has 0 radical (unpaired) electrons. The molecule has 0 saturated heterocycles. The van der Waals surface area contributed by atoms with Gasteiger partial charge in [0.2, 0.25) is 0 Å². The predicted octanol–water partition coefficient (Wildman–Crippen LogP) is -0.833. The number of aliphatic hydroxyl groups excluding tert-OH is 1. The zero-order valence-corrected chi connectivity index (χ0v) is 12.2. The van der Waals surface area contributed by atoms with Crippen LogP contribution in [0.5, 0.6) is 0 Å². The van der Waals surface area contributed by atoms with Gasteiger partial charge < -0.3 is 10.4 Å². The third kappa shape index (κ3) is 5.58. The van der Waals surface area contributed by atoms with Gasteiger partial charge in [0.25, 0.3) is 0 Å². The second-order valence-electron chi connectivity index (χ2n) is 4.72. The topological polar surface area (TPSA) is 100 Å². The largest absolute Gasteiger partial charge is 0.391 e. The van der Waals surface area contributed by atoms with E-state index in [-0.39, 0.29) is 0 Å². The summed E-state index contributed by atoms with van der Waals surface area (Å²) in [5, 5.41) is 15.7. The molecule has 0 saturated carbocycles. The Morgan fingerprint density at radius 1 is 1.42 bits per heavy atom. The van der Waals surface area contributed by atoms with Crippen LogP contribution in [0.2, 0.25) is 0 Å². The van der Waals surface area contributed by atoms with E-state index in [9.17, 15) is 14.7 Å². The Balaban J connectivity index is 2.46. The van der Waals surface area contributed by atoms with Crippen LogP contribution in [0.3, 0.4) is 0 Å². The number of thioether (sulfide) groups is 1. The minimum Gasteiger partial charge on any atom is -0.391 e. The third-order valence-corrected chi connectivity index (χ3v) is 3.46. The predicted molar refractivity (Wildman–Crippen MR) is 74.5 cm³/mol. The molecule has 0 amide bonds. The molecule has 1 heterocycles. The van der Waals surface area contributed by atoms with E-state index in [1.54, 1.807) is 7.05 Å². The SMILES string of the molecule is CC(C)CNCC(O)CSc1nc(=O)c(=O)[nH]n1C. The van der Waals surface area contributed by atoms with Crippen molar-refractivity contribution < 1.29 is 5.11 Å². The summed E-state index contributed by atoms with van der Waals surface area (Å²) in [6, 6.07) is 0. The molecule has 1 unspecified atom stereocenters. The Labute approximate surface area is 115 Å². The summed E-state index contributed by atoms with van der Waals surface area (Å²) in [6.07, 6.45) is -0.535. The zero-order chi connectivity index (χ0) is 14.4. The summed E-state index contributed by atoms with van der Waals surface area (Å²) in [6.45, 7) is 5.52. The molecule has 3 N–H and O–H groups in total. The first-order chi connectivity index (χ1) is 8.90. The minimum atomic E-state index is -0.812. The molecule has 0 aliphatic rings. The molecule has 0 fully saturated rings. The number of hydrogen-bond donors (Lipinski definition) is 3. The normalized spacial score (nSPS) is 12.9. The van der Waals surface area contributed by atoms with Gasteiger partial charge in [0.1, 0.15) is 0 Å². The van der Waals surface area contributed by atoms with Crippen LogP contribution in [0.1, 0.15) is 13.8 Å². The summed E-state index contributed by atoms with van der Waals surface area (Å²) in [5.74, 6) is 0.929. The standard InChI is InChI=1S/C11H20N4O3S/c1-7(2)4-12-5-8(16)6-19-11-13-9(17)10(18)14-15(11)3/h7-8,12,16H,4-6H2,1-3H3,(H,14,18). The monoisotopic (exact) mass is 288 g/mol. The molecular formula is C11H20N4O3S. The molecule has 7 nitrogen and oxygen atoms in total. The number of rotatable bonds is 7. The maximum atomic E-state index is 11.1. The number of nitrogens with zero attached hydrogens (tertiary/aromatic N) is 2. The van der Waals surface area contributed by atoms with Crippen molar-refractivity contribution in [2.75, 3.05) is 18.8 Å². The molecule has 0 bridgehead atoms. The van der Waals surface area contributed by atoms with Crippen LogP contribution in [-0.2, 0) is 7.05 Å². The van der Waals surface area contributed by atoms with Gasteiger partial charge in [0, 0.05) is 19.3 Å². The van der Waals surface area contributed by atoms with E-state index in [1.807, 2.05) is 0 Å². The van der Waals surface area contributed by atoms with E-state index in [4.69, 9.17) is 0 Å². The van der Waals surface area contributed by atoms with Crippen LogP contribution in [0.4, 0.5) is 0 Å². The number of nitrogens with one attached hydrogen (secondary N) is 2. The molecule has 19 heavy (non-hydrogen) atoms. The van der Waals surface area contributed by atoms with E-state index < -0.39 is 17.2 Å². The van der Waals surface area contributed by atoms with Crippen molar-refractivity contribution in [3.8, 4) is 0 Å². The molecule has 8 heteroatoms. The van der Waals surface area contributed by atoms with Gasteiger partial charge in [0.15, 0.2) is 5.16 Å². The highest BCUT2D eigenvalue weighted by molar-refractivity contribution is 7.99. The maximum Gasteiger partial charge on any atom is 0.339 e. The van der Waals surface area contributed by atoms with Crippen molar-refractivity contribution in [2.24, 2.45) is 13.0 Å². The van der Waals surface area contributed by atoms with Gasteiger partial charge in [0.05, 0.1) is 6.10 Å². The first kappa shape index (κ1) is 15.9. The van der Waals surface area contributed by atoms with Crippen molar-refractivity contribution in [3.05, 3.63) is 20.7 Å². The lowest BCUT2D eigenvalue weighted by Crippen LogP contribution is -2.34. The number of aliphatic hydroxyl groups is 1. The van der Waals surface area contributed by atoms with Gasteiger partial charge in [-0.1, -0.05) is 25.6 Å². The number of hydrogen-bond acceptors (Lipinski definition) is 6. The highest BCUT2D eigenvalue weighted by Crippen LogP contribution is 2.12. The van der Waals surface area contributed by atoms with Gasteiger partial charge in [-0.15, -0.1) is 0 Å². The average molecular weight is 288 g/mol. The lowest BCUT2D eigenvalue weighted by atomic mass is 10.2. The number of H-pyrrole nitrogens is 1. The van der Waals surface area contributed by atoms with Gasteiger partial charge >= 0.3 is 11.1 Å². The second-order valence-corrected chi connectivity index (χ2v) is 5.70. The van der Waals surface area contributed by atoms with E-state index in [1.165, 1.54) is 16.4 Å². The number of aryl methyl sites for hydroxylation is 1. The van der Waals surface area contributed by atoms with Crippen molar-refractivity contribution in [1.29, 1.82) is 0 Å². The lowest BCUT2D eigenvalue weighted by Gasteiger charge is -2.13. The molecule has 108 valence electrons.